The molecule has 1 aromatic rings. The second kappa shape index (κ2) is 5.41. The van der Waals surface area contributed by atoms with E-state index in [-0.39, 0.29) is 17.3 Å². The maximum atomic E-state index is 11.0. The molecular weight excluding hydrogens is 228 g/mol. The lowest BCUT2D eigenvalue weighted by Gasteiger charge is -2.07. The fourth-order valence-corrected chi connectivity index (χ4v) is 1.91. The summed E-state index contributed by atoms with van der Waals surface area (Å²) in [6.45, 7) is 0. The number of ether oxygens (including phenoxy) is 1. The highest BCUT2D eigenvalue weighted by Crippen LogP contribution is 2.27. The second-order valence-corrected chi connectivity index (χ2v) is 3.96. The topological polar surface area (TPSA) is 95.4 Å². The fourth-order valence-electron chi connectivity index (χ4n) is 1.08. The Morgan fingerprint density at radius 1 is 1.44 bits per heavy atom. The van der Waals surface area contributed by atoms with Crippen molar-refractivity contribution in [1.29, 1.82) is 0 Å². The molecule has 4 N–H and O–H groups in total. The summed E-state index contributed by atoms with van der Waals surface area (Å²) in [5, 5.41) is 0. The third kappa shape index (κ3) is 2.90. The smallest absolute Gasteiger partial charge is 0.315 e. The number of carbonyl (C=O) groups is 2. The van der Waals surface area contributed by atoms with Crippen molar-refractivity contribution in [2.45, 2.75) is 4.90 Å². The summed E-state index contributed by atoms with van der Waals surface area (Å²) in [6, 6.07) is 4.92. The predicted octanol–water partition coefficient (Wildman–Crippen LogP) is 0.633. The number of esters is 1. The molecule has 1 rings (SSSR count). The van der Waals surface area contributed by atoms with E-state index < -0.39 is 5.91 Å². The van der Waals surface area contributed by atoms with Crippen LogP contribution >= 0.6 is 11.8 Å². The van der Waals surface area contributed by atoms with Gasteiger partial charge in [0.05, 0.1) is 24.1 Å². The molecule has 0 bridgehead atoms. The minimum absolute atomic E-state index is 0.142. The molecule has 0 aliphatic carbocycles. The lowest BCUT2D eigenvalue weighted by molar-refractivity contribution is -0.137. The van der Waals surface area contributed by atoms with Crippen LogP contribution in [-0.2, 0) is 9.53 Å². The van der Waals surface area contributed by atoms with Crippen LogP contribution in [0.1, 0.15) is 10.4 Å². The molecular formula is C10H12N2O3S. The van der Waals surface area contributed by atoms with E-state index >= 15 is 0 Å². The van der Waals surface area contributed by atoms with Crippen molar-refractivity contribution < 1.29 is 14.3 Å². The number of primary amides is 1. The summed E-state index contributed by atoms with van der Waals surface area (Å²) in [5.41, 5.74) is 11.4. The third-order valence-electron chi connectivity index (χ3n) is 1.90. The molecule has 6 heteroatoms. The number of para-hydroxylation sites is 1. The Labute approximate surface area is 97.1 Å². The van der Waals surface area contributed by atoms with E-state index in [9.17, 15) is 9.59 Å². The van der Waals surface area contributed by atoms with Crippen LogP contribution in [0.3, 0.4) is 0 Å². The molecule has 0 heterocycles. The lowest BCUT2D eigenvalue weighted by Crippen LogP contribution is -2.14. The molecule has 1 aromatic carbocycles. The van der Waals surface area contributed by atoms with Crippen molar-refractivity contribution in [2.24, 2.45) is 5.73 Å². The normalized spacial score (nSPS) is 9.81. The molecule has 0 spiro atoms. The van der Waals surface area contributed by atoms with Crippen LogP contribution in [0.4, 0.5) is 5.69 Å². The van der Waals surface area contributed by atoms with E-state index in [1.165, 1.54) is 18.9 Å². The van der Waals surface area contributed by atoms with E-state index in [2.05, 4.69) is 4.74 Å². The minimum atomic E-state index is -0.585. The molecule has 16 heavy (non-hydrogen) atoms. The Morgan fingerprint density at radius 3 is 2.69 bits per heavy atom. The van der Waals surface area contributed by atoms with Gasteiger partial charge in [0.2, 0.25) is 0 Å². The average molecular weight is 240 g/mol. The second-order valence-electron chi connectivity index (χ2n) is 2.95. The van der Waals surface area contributed by atoms with Gasteiger partial charge in [0, 0.05) is 4.90 Å². The molecule has 0 saturated carbocycles. The maximum Gasteiger partial charge on any atom is 0.315 e. The monoisotopic (exact) mass is 240 g/mol. The van der Waals surface area contributed by atoms with Gasteiger partial charge in [0.1, 0.15) is 0 Å². The number of hydrogen-bond donors (Lipinski definition) is 2. The van der Waals surface area contributed by atoms with E-state index in [1.54, 1.807) is 18.2 Å². The zero-order valence-electron chi connectivity index (χ0n) is 8.73. The number of amides is 1. The molecule has 86 valence electrons. The number of anilines is 1. The first-order chi connectivity index (χ1) is 7.56. The molecule has 0 atom stereocenters. The molecule has 0 unspecified atom stereocenters. The van der Waals surface area contributed by atoms with E-state index in [4.69, 9.17) is 11.5 Å². The molecule has 0 saturated heterocycles. The summed E-state index contributed by atoms with van der Waals surface area (Å²) in [7, 11) is 1.31. The van der Waals surface area contributed by atoms with Crippen molar-refractivity contribution >= 4 is 29.3 Å². The standard InChI is InChI=1S/C10H12N2O3S/c1-15-8(13)5-16-7-4-2-3-6(9(7)11)10(12)14/h2-4H,5,11H2,1H3,(H2,12,14). The van der Waals surface area contributed by atoms with Crippen LogP contribution in [-0.4, -0.2) is 24.7 Å². The lowest BCUT2D eigenvalue weighted by atomic mass is 10.2. The number of benzene rings is 1. The van der Waals surface area contributed by atoms with E-state index in [1.807, 2.05) is 0 Å². The van der Waals surface area contributed by atoms with Gasteiger partial charge in [-0.05, 0) is 12.1 Å². The highest BCUT2D eigenvalue weighted by Gasteiger charge is 2.11. The highest BCUT2D eigenvalue weighted by molar-refractivity contribution is 8.00. The third-order valence-corrected chi connectivity index (χ3v) is 2.95. The summed E-state index contributed by atoms with van der Waals surface area (Å²) >= 11 is 1.20. The molecule has 0 aliphatic heterocycles. The number of carbonyl (C=O) groups excluding carboxylic acids is 2. The van der Waals surface area contributed by atoms with E-state index in [0.29, 0.717) is 10.6 Å². The Morgan fingerprint density at radius 2 is 2.12 bits per heavy atom. The Balaban J connectivity index is 2.85. The van der Waals surface area contributed by atoms with Gasteiger partial charge in [-0.25, -0.2) is 0 Å². The number of hydrogen-bond acceptors (Lipinski definition) is 5. The summed E-state index contributed by atoms with van der Waals surface area (Å²) < 4.78 is 4.50. The maximum absolute atomic E-state index is 11.0. The first-order valence-corrected chi connectivity index (χ1v) is 5.42. The minimum Gasteiger partial charge on any atom is -0.468 e. The zero-order chi connectivity index (χ0) is 12.1. The van der Waals surface area contributed by atoms with Gasteiger partial charge in [-0.15, -0.1) is 11.8 Å². The van der Waals surface area contributed by atoms with E-state index in [0.717, 1.165) is 0 Å². The number of rotatable bonds is 4. The van der Waals surface area contributed by atoms with Crippen LogP contribution in [0.25, 0.3) is 0 Å². The Bertz CT molecular complexity index is 421. The van der Waals surface area contributed by atoms with Gasteiger partial charge in [-0.1, -0.05) is 6.07 Å². The van der Waals surface area contributed by atoms with Gasteiger partial charge < -0.3 is 16.2 Å². The van der Waals surface area contributed by atoms with Crippen molar-refractivity contribution in [2.75, 3.05) is 18.6 Å². The van der Waals surface area contributed by atoms with Gasteiger partial charge in [0.25, 0.3) is 5.91 Å². The summed E-state index contributed by atoms with van der Waals surface area (Å²) in [6.07, 6.45) is 0. The Hall–Kier alpha value is -1.69. The van der Waals surface area contributed by atoms with Crippen LogP contribution in [0.15, 0.2) is 23.1 Å². The fraction of sp³-hybridized carbons (Fsp3) is 0.200. The summed E-state index contributed by atoms with van der Waals surface area (Å²) in [4.78, 5) is 22.6. The summed E-state index contributed by atoms with van der Waals surface area (Å²) in [5.74, 6) is -0.796. The molecule has 0 radical (unpaired) electrons. The molecule has 1 amide bonds. The van der Waals surface area contributed by atoms with Crippen molar-refractivity contribution in [1.82, 2.24) is 0 Å². The first-order valence-electron chi connectivity index (χ1n) is 4.44. The van der Waals surface area contributed by atoms with Crippen molar-refractivity contribution in [3.05, 3.63) is 23.8 Å². The predicted molar refractivity (Wildman–Crippen MR) is 62.1 cm³/mol. The molecule has 0 fully saturated rings. The van der Waals surface area contributed by atoms with Crippen LogP contribution < -0.4 is 11.5 Å². The van der Waals surface area contributed by atoms with Crippen molar-refractivity contribution in [3.63, 3.8) is 0 Å². The van der Waals surface area contributed by atoms with Crippen LogP contribution in [0.2, 0.25) is 0 Å². The zero-order valence-corrected chi connectivity index (χ0v) is 9.54. The quantitative estimate of drug-likeness (QED) is 0.457. The highest BCUT2D eigenvalue weighted by atomic mass is 32.2. The number of methoxy groups -OCH3 is 1. The first kappa shape index (κ1) is 12.4. The Kier molecular flexibility index (Phi) is 4.19. The average Bonchev–Trinajstić information content (AvgIpc) is 2.26. The van der Waals surface area contributed by atoms with Gasteiger partial charge >= 0.3 is 5.97 Å². The van der Waals surface area contributed by atoms with Gasteiger partial charge in [-0.3, -0.25) is 9.59 Å². The van der Waals surface area contributed by atoms with Crippen LogP contribution in [0.5, 0.6) is 0 Å². The van der Waals surface area contributed by atoms with Crippen molar-refractivity contribution in [3.8, 4) is 0 Å². The SMILES string of the molecule is COC(=O)CSc1cccc(C(N)=O)c1N. The molecule has 0 aromatic heterocycles. The number of thioether (sulfide) groups is 1. The number of nitrogen functional groups attached to an aromatic ring is 1. The van der Waals surface area contributed by atoms with Gasteiger partial charge in [0.15, 0.2) is 0 Å². The molecule has 5 nitrogen and oxygen atoms in total. The van der Waals surface area contributed by atoms with Gasteiger partial charge in [-0.2, -0.15) is 0 Å². The largest absolute Gasteiger partial charge is 0.468 e. The number of nitrogens with two attached hydrogens (primary N) is 2. The van der Waals surface area contributed by atoms with Crippen LogP contribution in [0, 0.1) is 0 Å². The molecule has 0 aliphatic rings.